The number of nitrogens with one attached hydrogen (secondary N) is 3. The van der Waals surface area contributed by atoms with Crippen molar-refractivity contribution in [3.63, 3.8) is 0 Å². The van der Waals surface area contributed by atoms with Gasteiger partial charge in [0.05, 0.1) is 5.56 Å². The third kappa shape index (κ3) is 3.90. The van der Waals surface area contributed by atoms with Crippen LogP contribution in [0, 0.1) is 6.92 Å². The van der Waals surface area contributed by atoms with Crippen LogP contribution in [0.15, 0.2) is 12.3 Å². The van der Waals surface area contributed by atoms with Gasteiger partial charge in [-0.05, 0) is 13.0 Å². The predicted octanol–water partition coefficient (Wildman–Crippen LogP) is 0.832. The minimum absolute atomic E-state index is 0.207. The van der Waals surface area contributed by atoms with Crippen molar-refractivity contribution in [1.29, 1.82) is 0 Å². The van der Waals surface area contributed by atoms with Gasteiger partial charge in [-0.1, -0.05) is 0 Å². The molecule has 0 radical (unpaired) electrons. The monoisotopic (exact) mass is 356 g/mol. The normalized spacial score (nSPS) is 17.6. The van der Waals surface area contributed by atoms with Gasteiger partial charge in [0.15, 0.2) is 5.65 Å². The van der Waals surface area contributed by atoms with Gasteiger partial charge in [0.25, 0.3) is 5.91 Å². The van der Waals surface area contributed by atoms with Crippen molar-refractivity contribution in [3.8, 4) is 0 Å². The van der Waals surface area contributed by atoms with Gasteiger partial charge in [0, 0.05) is 50.0 Å². The van der Waals surface area contributed by atoms with Crippen molar-refractivity contribution in [1.82, 2.24) is 30.7 Å². The summed E-state index contributed by atoms with van der Waals surface area (Å²) in [6, 6.07) is -0.130. The molecule has 0 aliphatic carbocycles. The average molecular weight is 356 g/mol. The molecule has 2 aromatic rings. The van der Waals surface area contributed by atoms with Crippen LogP contribution in [-0.4, -0.2) is 70.9 Å². The minimum atomic E-state index is -4.41. The highest BCUT2D eigenvalue weighted by atomic mass is 19.4. The number of aryl methyl sites for hydroxylation is 1. The van der Waals surface area contributed by atoms with E-state index in [-0.39, 0.29) is 5.56 Å². The van der Waals surface area contributed by atoms with E-state index in [1.165, 1.54) is 11.1 Å². The summed E-state index contributed by atoms with van der Waals surface area (Å²) in [6.07, 6.45) is -3.10. The Bertz CT molecular complexity index is 753. The zero-order chi connectivity index (χ0) is 18.0. The molecule has 1 aliphatic heterocycles. The van der Waals surface area contributed by atoms with Crippen molar-refractivity contribution in [2.75, 3.05) is 32.7 Å². The van der Waals surface area contributed by atoms with Crippen molar-refractivity contribution in [3.05, 3.63) is 23.5 Å². The molecule has 1 fully saturated rings. The van der Waals surface area contributed by atoms with Crippen LogP contribution in [-0.2, 0) is 0 Å². The van der Waals surface area contributed by atoms with Gasteiger partial charge in [-0.15, -0.1) is 0 Å². The number of halogens is 3. The topological polar surface area (TPSA) is 85.9 Å². The molecule has 0 bridgehead atoms. The van der Waals surface area contributed by atoms with Crippen molar-refractivity contribution in [2.45, 2.75) is 19.1 Å². The van der Waals surface area contributed by atoms with Gasteiger partial charge in [-0.25, -0.2) is 4.98 Å². The molecule has 1 amide bonds. The van der Waals surface area contributed by atoms with E-state index in [1.807, 2.05) is 0 Å². The van der Waals surface area contributed by atoms with Gasteiger partial charge in [0.1, 0.15) is 6.04 Å². The highest BCUT2D eigenvalue weighted by molar-refractivity contribution is 5.97. The maximum absolute atomic E-state index is 13.3. The smallest absolute Gasteiger partial charge is 0.350 e. The van der Waals surface area contributed by atoms with Crippen molar-refractivity contribution in [2.24, 2.45) is 0 Å². The van der Waals surface area contributed by atoms with Gasteiger partial charge in [-0.2, -0.15) is 18.3 Å². The molecule has 1 atom stereocenters. The summed E-state index contributed by atoms with van der Waals surface area (Å²) in [6.45, 7) is 2.87. The third-order valence-corrected chi connectivity index (χ3v) is 4.29. The Morgan fingerprint density at radius 1 is 1.40 bits per heavy atom. The Labute approximate surface area is 142 Å². The van der Waals surface area contributed by atoms with E-state index in [1.54, 1.807) is 13.0 Å². The lowest BCUT2D eigenvalue weighted by Crippen LogP contribution is -2.57. The summed E-state index contributed by atoms with van der Waals surface area (Å²) in [5, 5.41) is 12.8. The maximum Gasteiger partial charge on any atom is 0.405 e. The minimum Gasteiger partial charge on any atom is -0.350 e. The number of aromatic nitrogens is 3. The quantitative estimate of drug-likeness (QED) is 0.756. The first-order valence-corrected chi connectivity index (χ1v) is 7.96. The zero-order valence-corrected chi connectivity index (χ0v) is 13.7. The van der Waals surface area contributed by atoms with Crippen LogP contribution < -0.4 is 10.6 Å². The predicted molar refractivity (Wildman–Crippen MR) is 85.2 cm³/mol. The van der Waals surface area contributed by atoms with E-state index in [9.17, 15) is 18.0 Å². The van der Waals surface area contributed by atoms with E-state index in [0.717, 1.165) is 5.69 Å². The first-order chi connectivity index (χ1) is 11.9. The fourth-order valence-corrected chi connectivity index (χ4v) is 2.88. The molecule has 136 valence electrons. The Hall–Kier alpha value is -2.20. The van der Waals surface area contributed by atoms with Crippen LogP contribution in [0.4, 0.5) is 13.2 Å². The van der Waals surface area contributed by atoms with Crippen LogP contribution in [0.3, 0.4) is 0 Å². The molecule has 2 aromatic heterocycles. The molecule has 3 rings (SSSR count). The summed E-state index contributed by atoms with van der Waals surface area (Å²) in [7, 11) is 0. The Kier molecular flexibility index (Phi) is 4.91. The Morgan fingerprint density at radius 3 is 2.80 bits per heavy atom. The molecule has 3 heterocycles. The number of alkyl halides is 3. The number of pyridine rings is 1. The number of H-pyrrole nitrogens is 1. The van der Waals surface area contributed by atoms with Gasteiger partial charge in [0.2, 0.25) is 0 Å². The zero-order valence-electron chi connectivity index (χ0n) is 13.7. The molecule has 7 nitrogen and oxygen atoms in total. The highest BCUT2D eigenvalue weighted by Crippen LogP contribution is 2.25. The van der Waals surface area contributed by atoms with Crippen LogP contribution in [0.5, 0.6) is 0 Å². The second-order valence-electron chi connectivity index (χ2n) is 6.00. The third-order valence-electron chi connectivity index (χ3n) is 4.29. The number of aromatic amines is 1. The summed E-state index contributed by atoms with van der Waals surface area (Å²) in [4.78, 5) is 17.6. The molecule has 10 heteroatoms. The number of carbonyl (C=O) groups is 1. The molecule has 1 aliphatic rings. The SMILES string of the molecule is Cc1[nH]nc2ncc(C(=O)NCC(N3CCNCC3)C(F)(F)F)cc12. The van der Waals surface area contributed by atoms with Crippen LogP contribution in [0.2, 0.25) is 0 Å². The van der Waals surface area contributed by atoms with Crippen LogP contribution >= 0.6 is 0 Å². The van der Waals surface area contributed by atoms with E-state index >= 15 is 0 Å². The lowest BCUT2D eigenvalue weighted by molar-refractivity contribution is -0.183. The standard InChI is InChI=1S/C15H19F3N6O/c1-9-11-6-10(7-20-13(11)23-22-9)14(25)21-8-12(15(16,17)18)24-4-2-19-3-5-24/h6-7,12,19H,2-5,8H2,1H3,(H,21,25)(H,20,22,23). The van der Waals surface area contributed by atoms with E-state index < -0.39 is 24.7 Å². The number of hydrogen-bond acceptors (Lipinski definition) is 5. The number of carbonyl (C=O) groups excluding carboxylic acids is 1. The van der Waals surface area contributed by atoms with E-state index in [0.29, 0.717) is 37.2 Å². The molecule has 25 heavy (non-hydrogen) atoms. The molecule has 0 aromatic carbocycles. The summed E-state index contributed by atoms with van der Waals surface area (Å²) >= 11 is 0. The Balaban J connectivity index is 1.70. The first-order valence-electron chi connectivity index (χ1n) is 7.96. The van der Waals surface area contributed by atoms with Crippen LogP contribution in [0.1, 0.15) is 16.1 Å². The number of nitrogens with zero attached hydrogens (tertiary/aromatic N) is 3. The maximum atomic E-state index is 13.3. The summed E-state index contributed by atoms with van der Waals surface area (Å²) in [5.41, 5.74) is 1.41. The molecular weight excluding hydrogens is 337 g/mol. The fourth-order valence-electron chi connectivity index (χ4n) is 2.88. The van der Waals surface area contributed by atoms with Crippen LogP contribution in [0.25, 0.3) is 11.0 Å². The molecule has 0 spiro atoms. The highest BCUT2D eigenvalue weighted by Gasteiger charge is 2.43. The molecule has 3 N–H and O–H groups in total. The second-order valence-corrected chi connectivity index (χ2v) is 6.00. The summed E-state index contributed by atoms with van der Waals surface area (Å²) < 4.78 is 40.0. The number of hydrogen-bond donors (Lipinski definition) is 3. The number of fused-ring (bicyclic) bond motifs is 1. The van der Waals surface area contributed by atoms with E-state index in [4.69, 9.17) is 0 Å². The van der Waals surface area contributed by atoms with Gasteiger partial charge in [-0.3, -0.25) is 14.8 Å². The number of piperazine rings is 1. The number of amides is 1. The van der Waals surface area contributed by atoms with Crippen molar-refractivity contribution >= 4 is 16.9 Å². The largest absolute Gasteiger partial charge is 0.405 e. The molecule has 0 saturated carbocycles. The fraction of sp³-hybridized carbons (Fsp3) is 0.533. The Morgan fingerprint density at radius 2 is 2.12 bits per heavy atom. The van der Waals surface area contributed by atoms with Gasteiger partial charge < -0.3 is 10.6 Å². The second kappa shape index (κ2) is 6.96. The molecule has 1 unspecified atom stereocenters. The van der Waals surface area contributed by atoms with E-state index in [2.05, 4.69) is 25.8 Å². The van der Waals surface area contributed by atoms with Gasteiger partial charge >= 0.3 is 6.18 Å². The molecule has 1 saturated heterocycles. The lowest BCUT2D eigenvalue weighted by Gasteiger charge is -2.35. The lowest BCUT2D eigenvalue weighted by atomic mass is 10.1. The average Bonchev–Trinajstić information content (AvgIpc) is 2.95. The first kappa shape index (κ1) is 17.6. The molecular formula is C15H19F3N6O. The summed E-state index contributed by atoms with van der Waals surface area (Å²) in [5.74, 6) is -0.584. The number of rotatable bonds is 4. The van der Waals surface area contributed by atoms with Crippen molar-refractivity contribution < 1.29 is 18.0 Å².